The van der Waals surface area contributed by atoms with Crippen LogP contribution in [0.25, 0.3) is 0 Å². The van der Waals surface area contributed by atoms with E-state index < -0.39 is 0 Å². The van der Waals surface area contributed by atoms with E-state index in [2.05, 4.69) is 45.1 Å². The van der Waals surface area contributed by atoms with Crippen molar-refractivity contribution >= 4 is 11.8 Å². The van der Waals surface area contributed by atoms with Gasteiger partial charge in [-0.25, -0.2) is 0 Å². The van der Waals surface area contributed by atoms with Crippen LogP contribution in [0.3, 0.4) is 0 Å². The number of carbonyl (C=O) groups is 2. The zero-order chi connectivity index (χ0) is 20.8. The van der Waals surface area contributed by atoms with E-state index in [1.54, 1.807) is 0 Å². The number of carbonyl (C=O) groups excluding carboxylic acids is 2. The van der Waals surface area contributed by atoms with E-state index in [1.807, 2.05) is 24.8 Å². The summed E-state index contributed by atoms with van der Waals surface area (Å²) in [6.45, 7) is 13.8. The fraction of sp³-hybridized carbons (Fsp3) is 0.652. The Morgan fingerprint density at radius 2 is 1.79 bits per heavy atom. The van der Waals surface area contributed by atoms with Gasteiger partial charge in [0.1, 0.15) is 5.75 Å². The Kier molecular flexibility index (Phi) is 7.90. The first kappa shape index (κ1) is 22.3. The van der Waals surface area contributed by atoms with Gasteiger partial charge in [-0.05, 0) is 55.7 Å². The highest BCUT2D eigenvalue weighted by Gasteiger charge is 2.28. The minimum Gasteiger partial charge on any atom is -0.483 e. The molecule has 1 heterocycles. The van der Waals surface area contributed by atoms with Crippen molar-refractivity contribution in [3.05, 3.63) is 29.3 Å². The fourth-order valence-corrected chi connectivity index (χ4v) is 3.37. The maximum Gasteiger partial charge on any atom is 0.260 e. The molecule has 0 bridgehead atoms. The smallest absolute Gasteiger partial charge is 0.260 e. The Labute approximate surface area is 169 Å². The Hall–Kier alpha value is -2.04. The van der Waals surface area contributed by atoms with E-state index >= 15 is 0 Å². The summed E-state index contributed by atoms with van der Waals surface area (Å²) in [5.74, 6) is 1.65. The van der Waals surface area contributed by atoms with Crippen molar-refractivity contribution < 1.29 is 14.3 Å². The monoisotopic (exact) mass is 388 g/mol. The maximum absolute atomic E-state index is 12.6. The van der Waals surface area contributed by atoms with Gasteiger partial charge in [-0.3, -0.25) is 9.59 Å². The molecule has 1 atom stereocenters. The second-order valence-electron chi connectivity index (χ2n) is 8.68. The van der Waals surface area contributed by atoms with E-state index in [1.165, 1.54) is 0 Å². The van der Waals surface area contributed by atoms with Gasteiger partial charge in [0.2, 0.25) is 5.91 Å². The molecule has 1 unspecified atom stereocenters. The zero-order valence-electron chi connectivity index (χ0n) is 18.2. The van der Waals surface area contributed by atoms with Crippen molar-refractivity contribution in [2.75, 3.05) is 19.7 Å². The number of hydrogen-bond donors (Lipinski definition) is 1. The maximum atomic E-state index is 12.6. The number of rotatable bonds is 7. The summed E-state index contributed by atoms with van der Waals surface area (Å²) in [6, 6.07) is 6.31. The summed E-state index contributed by atoms with van der Waals surface area (Å²) in [4.78, 5) is 26.8. The highest BCUT2D eigenvalue weighted by molar-refractivity contribution is 5.80. The van der Waals surface area contributed by atoms with Crippen LogP contribution in [-0.2, 0) is 9.59 Å². The lowest BCUT2D eigenvalue weighted by atomic mass is 9.95. The van der Waals surface area contributed by atoms with Gasteiger partial charge in [0.15, 0.2) is 6.61 Å². The van der Waals surface area contributed by atoms with Gasteiger partial charge in [-0.1, -0.05) is 39.8 Å². The number of nitrogens with one attached hydrogen (secondary N) is 1. The lowest BCUT2D eigenvalue weighted by Gasteiger charge is -2.32. The highest BCUT2D eigenvalue weighted by atomic mass is 16.5. The zero-order valence-corrected chi connectivity index (χ0v) is 18.2. The molecule has 0 saturated carbocycles. The Morgan fingerprint density at radius 1 is 1.14 bits per heavy atom. The minimum atomic E-state index is -0.00869. The molecule has 2 rings (SSSR count). The lowest BCUT2D eigenvalue weighted by molar-refractivity contribution is -0.137. The van der Waals surface area contributed by atoms with Gasteiger partial charge in [-0.2, -0.15) is 0 Å². The molecule has 28 heavy (non-hydrogen) atoms. The molecule has 1 N–H and O–H groups in total. The van der Waals surface area contributed by atoms with Gasteiger partial charge in [0.05, 0.1) is 0 Å². The molecule has 2 amide bonds. The summed E-state index contributed by atoms with van der Waals surface area (Å²) >= 11 is 0. The summed E-state index contributed by atoms with van der Waals surface area (Å²) in [7, 11) is 0. The topological polar surface area (TPSA) is 58.6 Å². The molecule has 0 aromatic heterocycles. The molecular formula is C23H36N2O3. The Morgan fingerprint density at radius 3 is 2.36 bits per heavy atom. The third kappa shape index (κ3) is 5.98. The van der Waals surface area contributed by atoms with Crippen molar-refractivity contribution in [1.82, 2.24) is 10.2 Å². The predicted octanol–water partition coefficient (Wildman–Crippen LogP) is 3.90. The van der Waals surface area contributed by atoms with Gasteiger partial charge >= 0.3 is 0 Å². The first-order valence-corrected chi connectivity index (χ1v) is 10.5. The lowest BCUT2D eigenvalue weighted by Crippen LogP contribution is -2.46. The summed E-state index contributed by atoms with van der Waals surface area (Å²) in [5.41, 5.74) is 2.24. The molecule has 1 saturated heterocycles. The first-order chi connectivity index (χ1) is 13.2. The van der Waals surface area contributed by atoms with Crippen LogP contribution in [0.5, 0.6) is 5.75 Å². The minimum absolute atomic E-state index is 0.00418. The van der Waals surface area contributed by atoms with E-state index in [4.69, 9.17) is 4.74 Å². The molecule has 1 aliphatic heterocycles. The number of likely N-dealkylation sites (tertiary alicyclic amines) is 1. The summed E-state index contributed by atoms with van der Waals surface area (Å²) < 4.78 is 5.88. The van der Waals surface area contributed by atoms with E-state index in [0.717, 1.165) is 16.9 Å². The van der Waals surface area contributed by atoms with Crippen molar-refractivity contribution in [2.45, 2.75) is 66.3 Å². The highest BCUT2D eigenvalue weighted by Crippen LogP contribution is 2.27. The van der Waals surface area contributed by atoms with E-state index in [-0.39, 0.29) is 30.4 Å². The van der Waals surface area contributed by atoms with Crippen molar-refractivity contribution in [3.63, 3.8) is 0 Å². The van der Waals surface area contributed by atoms with Crippen LogP contribution in [0.1, 0.15) is 64.5 Å². The normalized spacial score (nSPS) is 16.4. The number of hydrogen-bond acceptors (Lipinski definition) is 3. The van der Waals surface area contributed by atoms with Gasteiger partial charge in [0, 0.05) is 25.0 Å². The Balaban J connectivity index is 1.84. The molecule has 1 aliphatic rings. The number of amides is 2. The number of ether oxygens (including phenoxy) is 1. The van der Waals surface area contributed by atoms with Crippen molar-refractivity contribution in [2.24, 2.45) is 11.8 Å². The van der Waals surface area contributed by atoms with E-state index in [9.17, 15) is 9.59 Å². The quantitative estimate of drug-likeness (QED) is 0.771. The van der Waals surface area contributed by atoms with Gasteiger partial charge in [-0.15, -0.1) is 0 Å². The van der Waals surface area contributed by atoms with Crippen LogP contribution in [-0.4, -0.2) is 42.5 Å². The van der Waals surface area contributed by atoms with Gasteiger partial charge in [0.25, 0.3) is 5.91 Å². The SMILES string of the molecule is Cc1ccc(C(C)C)c(OCC(=O)N2CCC(C(=O)NC(C)C(C)C)CC2)c1. The second-order valence-corrected chi connectivity index (χ2v) is 8.68. The van der Waals surface area contributed by atoms with Crippen LogP contribution < -0.4 is 10.1 Å². The van der Waals surface area contributed by atoms with Crippen molar-refractivity contribution in [1.29, 1.82) is 0 Å². The average Bonchev–Trinajstić information content (AvgIpc) is 2.65. The van der Waals surface area contributed by atoms with Gasteiger partial charge < -0.3 is 15.0 Å². The predicted molar refractivity (Wildman–Crippen MR) is 113 cm³/mol. The molecule has 0 spiro atoms. The average molecular weight is 389 g/mol. The Bertz CT molecular complexity index is 676. The van der Waals surface area contributed by atoms with Crippen LogP contribution in [0, 0.1) is 18.8 Å². The van der Waals surface area contributed by atoms with Crippen LogP contribution in [0.4, 0.5) is 0 Å². The molecule has 5 nitrogen and oxygen atoms in total. The molecular weight excluding hydrogens is 352 g/mol. The third-order valence-corrected chi connectivity index (χ3v) is 5.73. The fourth-order valence-electron chi connectivity index (χ4n) is 3.37. The molecule has 0 radical (unpaired) electrons. The summed E-state index contributed by atoms with van der Waals surface area (Å²) in [5, 5.41) is 3.09. The molecule has 1 aromatic carbocycles. The molecule has 1 fully saturated rings. The van der Waals surface area contributed by atoms with E-state index in [0.29, 0.717) is 37.8 Å². The number of nitrogens with zero attached hydrogens (tertiary/aromatic N) is 1. The summed E-state index contributed by atoms with van der Waals surface area (Å²) in [6.07, 6.45) is 1.42. The van der Waals surface area contributed by atoms with Crippen molar-refractivity contribution in [3.8, 4) is 5.75 Å². The van der Waals surface area contributed by atoms with Crippen LogP contribution >= 0.6 is 0 Å². The molecule has 0 aliphatic carbocycles. The first-order valence-electron chi connectivity index (χ1n) is 10.5. The molecule has 5 heteroatoms. The van der Waals surface area contributed by atoms with Crippen LogP contribution in [0.15, 0.2) is 18.2 Å². The number of aryl methyl sites for hydroxylation is 1. The third-order valence-electron chi connectivity index (χ3n) is 5.73. The second kappa shape index (κ2) is 9.94. The molecule has 1 aromatic rings. The van der Waals surface area contributed by atoms with Crippen LogP contribution in [0.2, 0.25) is 0 Å². The number of benzene rings is 1. The largest absolute Gasteiger partial charge is 0.483 e. The standard InChI is InChI=1S/C23H36N2O3/c1-15(2)18(6)24-23(27)19-9-11-25(12-10-19)22(26)14-28-21-13-17(5)7-8-20(21)16(3)4/h7-8,13,15-16,18-19H,9-12,14H2,1-6H3,(H,24,27). The molecule has 156 valence electrons. The number of piperidine rings is 1.